The van der Waals surface area contributed by atoms with E-state index in [0.717, 1.165) is 46.6 Å². The zero-order chi connectivity index (χ0) is 26.7. The molecular formula is C26H32N6O4S. The fraction of sp³-hybridized carbons (Fsp3) is 0.423. The van der Waals surface area contributed by atoms with Crippen molar-refractivity contribution in [2.75, 3.05) is 39.6 Å². The van der Waals surface area contributed by atoms with E-state index in [1.54, 1.807) is 16.2 Å². The van der Waals surface area contributed by atoms with Gasteiger partial charge in [0, 0.05) is 19.5 Å². The van der Waals surface area contributed by atoms with Crippen LogP contribution in [0, 0.1) is 5.92 Å². The highest BCUT2D eigenvalue weighted by Crippen LogP contribution is 2.35. The average Bonchev–Trinajstić information content (AvgIpc) is 3.29. The minimum absolute atomic E-state index is 0.0127. The second kappa shape index (κ2) is 11.2. The maximum atomic E-state index is 13.3. The van der Waals surface area contributed by atoms with Crippen molar-refractivity contribution in [2.45, 2.75) is 32.2 Å². The molecule has 3 N–H and O–H groups in total. The third-order valence-corrected chi connectivity index (χ3v) is 7.55. The van der Waals surface area contributed by atoms with Crippen molar-refractivity contribution in [1.82, 2.24) is 19.8 Å². The van der Waals surface area contributed by atoms with E-state index in [0.29, 0.717) is 6.54 Å². The van der Waals surface area contributed by atoms with Crippen molar-refractivity contribution in [3.63, 3.8) is 0 Å². The smallest absolute Gasteiger partial charge is 0.313 e. The summed E-state index contributed by atoms with van der Waals surface area (Å²) in [5, 5.41) is 3.64. The van der Waals surface area contributed by atoms with Crippen molar-refractivity contribution in [1.29, 1.82) is 0 Å². The minimum Gasteiger partial charge on any atom is -0.480 e. The Morgan fingerprint density at radius 1 is 1.24 bits per heavy atom. The van der Waals surface area contributed by atoms with Crippen molar-refractivity contribution < 1.29 is 19.1 Å². The molecule has 3 heterocycles. The van der Waals surface area contributed by atoms with Gasteiger partial charge in [-0.15, -0.1) is 11.3 Å². The third kappa shape index (κ3) is 6.05. The van der Waals surface area contributed by atoms with Gasteiger partial charge in [-0.25, -0.2) is 9.97 Å². The number of nitrogens with two attached hydrogens (primary N) is 1. The van der Waals surface area contributed by atoms with Crippen LogP contribution < -0.4 is 15.8 Å². The Kier molecular flexibility index (Phi) is 8.03. The molecule has 0 saturated carbocycles. The second-order valence-electron chi connectivity index (χ2n) is 9.64. The van der Waals surface area contributed by atoms with Crippen LogP contribution in [0.5, 0.6) is 5.88 Å². The number of fused-ring (bicyclic) bond motifs is 1. The van der Waals surface area contributed by atoms with E-state index < -0.39 is 17.7 Å². The van der Waals surface area contributed by atoms with E-state index in [2.05, 4.69) is 28.2 Å². The van der Waals surface area contributed by atoms with Gasteiger partial charge in [-0.05, 0) is 56.6 Å². The van der Waals surface area contributed by atoms with E-state index in [9.17, 15) is 14.4 Å². The van der Waals surface area contributed by atoms with Crippen LogP contribution in [0.1, 0.15) is 46.7 Å². The molecule has 2 aromatic heterocycles. The highest BCUT2D eigenvalue weighted by atomic mass is 32.1. The van der Waals surface area contributed by atoms with Crippen LogP contribution in [0.15, 0.2) is 30.5 Å². The molecule has 1 aliphatic heterocycles. The minimum atomic E-state index is -0.804. The first kappa shape index (κ1) is 26.5. The van der Waals surface area contributed by atoms with Gasteiger partial charge >= 0.3 is 11.8 Å². The fourth-order valence-electron chi connectivity index (χ4n) is 4.52. The lowest BCUT2D eigenvalue weighted by Crippen LogP contribution is -2.46. The molecule has 3 aromatic rings. The lowest BCUT2D eigenvalue weighted by Gasteiger charge is -2.38. The van der Waals surface area contributed by atoms with Crippen molar-refractivity contribution in [2.24, 2.45) is 11.7 Å². The number of likely N-dealkylation sites (N-methyl/N-ethyl adjacent to an activating group) is 1. The SMILES string of the molecule is COc1ncc(NC(=O)C(=O)N2C[C@H](C)CC[C@H]2c2ccc3sc(CCN(C)C)nc3c2)cc1C(N)=O. The summed E-state index contributed by atoms with van der Waals surface area (Å²) in [7, 11) is 5.44. The summed E-state index contributed by atoms with van der Waals surface area (Å²) >= 11 is 1.68. The fourth-order valence-corrected chi connectivity index (χ4v) is 5.46. The molecule has 10 nitrogen and oxygen atoms in total. The highest BCUT2D eigenvalue weighted by molar-refractivity contribution is 7.18. The van der Waals surface area contributed by atoms with Gasteiger partial charge in [-0.3, -0.25) is 14.4 Å². The summed E-state index contributed by atoms with van der Waals surface area (Å²) in [6.45, 7) is 3.46. The average molecular weight is 525 g/mol. The van der Waals surface area contributed by atoms with Crippen LogP contribution in [0.4, 0.5) is 5.69 Å². The summed E-state index contributed by atoms with van der Waals surface area (Å²) in [5.74, 6) is -1.89. The zero-order valence-corrected chi connectivity index (χ0v) is 22.3. The number of carbonyl (C=O) groups is 3. The lowest BCUT2D eigenvalue weighted by molar-refractivity contribution is -0.146. The van der Waals surface area contributed by atoms with Gasteiger partial charge < -0.3 is 25.6 Å². The maximum Gasteiger partial charge on any atom is 0.313 e. The number of nitrogens with one attached hydrogen (secondary N) is 1. The Hall–Kier alpha value is -3.57. The van der Waals surface area contributed by atoms with Crippen LogP contribution in [0.2, 0.25) is 0 Å². The number of aromatic nitrogens is 2. The van der Waals surface area contributed by atoms with Crippen molar-refractivity contribution in [3.05, 3.63) is 46.6 Å². The van der Waals surface area contributed by atoms with Gasteiger partial charge in [-0.1, -0.05) is 13.0 Å². The number of pyridine rings is 1. The molecule has 1 saturated heterocycles. The van der Waals surface area contributed by atoms with Crippen LogP contribution in [0.25, 0.3) is 10.2 Å². The summed E-state index contributed by atoms with van der Waals surface area (Å²) in [6.07, 6.45) is 3.89. The monoisotopic (exact) mass is 524 g/mol. The highest BCUT2D eigenvalue weighted by Gasteiger charge is 2.34. The Labute approximate surface area is 219 Å². The summed E-state index contributed by atoms with van der Waals surface area (Å²) < 4.78 is 6.14. The number of hydrogen-bond acceptors (Lipinski definition) is 8. The number of anilines is 1. The molecule has 0 radical (unpaired) electrons. The molecule has 11 heteroatoms. The Bertz CT molecular complexity index is 1320. The van der Waals surface area contributed by atoms with E-state index in [-0.39, 0.29) is 29.1 Å². The normalized spacial score (nSPS) is 17.7. The number of benzene rings is 1. The first-order valence-electron chi connectivity index (χ1n) is 12.2. The number of thiazole rings is 1. The Morgan fingerprint density at radius 3 is 2.73 bits per heavy atom. The molecule has 37 heavy (non-hydrogen) atoms. The quantitative estimate of drug-likeness (QED) is 0.455. The number of carbonyl (C=O) groups excluding carboxylic acids is 3. The Balaban J connectivity index is 1.55. The van der Waals surface area contributed by atoms with Gasteiger partial charge in [0.15, 0.2) is 0 Å². The third-order valence-electron chi connectivity index (χ3n) is 6.45. The van der Waals surface area contributed by atoms with Gasteiger partial charge in [0.2, 0.25) is 5.88 Å². The standard InChI is InChI=1S/C26H32N6O4S/c1-15-5-7-20(16-6-8-21-19(11-16)30-22(37-21)9-10-31(2)3)32(14-15)26(35)24(34)29-17-12-18(23(27)33)25(36-4)28-13-17/h6,8,11-13,15,20H,5,7,9-10,14H2,1-4H3,(H2,27,33)(H,29,34)/t15-,20+/m1/s1. The molecule has 0 spiro atoms. The Morgan fingerprint density at radius 2 is 2.03 bits per heavy atom. The molecule has 0 bridgehead atoms. The molecule has 196 valence electrons. The van der Waals surface area contributed by atoms with Gasteiger partial charge in [0.05, 0.1) is 40.3 Å². The first-order chi connectivity index (χ1) is 17.7. The first-order valence-corrected chi connectivity index (χ1v) is 13.0. The number of primary amides is 1. The van der Waals surface area contributed by atoms with Gasteiger partial charge in [0.1, 0.15) is 5.56 Å². The van der Waals surface area contributed by atoms with Crippen molar-refractivity contribution in [3.8, 4) is 5.88 Å². The summed E-state index contributed by atoms with van der Waals surface area (Å²) in [4.78, 5) is 50.6. The predicted molar refractivity (Wildman–Crippen MR) is 143 cm³/mol. The second-order valence-corrected chi connectivity index (χ2v) is 10.8. The molecule has 1 aromatic carbocycles. The molecule has 0 aliphatic carbocycles. The summed E-state index contributed by atoms with van der Waals surface area (Å²) in [6, 6.07) is 7.23. The predicted octanol–water partition coefficient (Wildman–Crippen LogP) is 2.84. The van der Waals surface area contributed by atoms with E-state index in [4.69, 9.17) is 15.5 Å². The van der Waals surface area contributed by atoms with Crippen LogP contribution in [-0.2, 0) is 16.0 Å². The number of likely N-dealkylation sites (tertiary alicyclic amines) is 1. The molecule has 4 rings (SSSR count). The largest absolute Gasteiger partial charge is 0.480 e. The molecule has 1 aliphatic rings. The number of amides is 3. The van der Waals surface area contributed by atoms with Crippen LogP contribution >= 0.6 is 11.3 Å². The van der Waals surface area contributed by atoms with Gasteiger partial charge in [-0.2, -0.15) is 0 Å². The van der Waals surface area contributed by atoms with E-state index in [1.165, 1.54) is 19.4 Å². The van der Waals surface area contributed by atoms with E-state index >= 15 is 0 Å². The zero-order valence-electron chi connectivity index (χ0n) is 21.5. The number of nitrogens with zero attached hydrogens (tertiary/aromatic N) is 4. The number of piperidine rings is 1. The van der Waals surface area contributed by atoms with Gasteiger partial charge in [0.25, 0.3) is 5.91 Å². The number of ether oxygens (including phenoxy) is 1. The van der Waals surface area contributed by atoms with Crippen molar-refractivity contribution >= 4 is 45.0 Å². The molecule has 2 atom stereocenters. The van der Waals surface area contributed by atoms with Crippen LogP contribution in [-0.4, -0.2) is 71.8 Å². The van der Waals surface area contributed by atoms with E-state index in [1.807, 2.05) is 26.2 Å². The number of methoxy groups -OCH3 is 1. The molecule has 1 fully saturated rings. The molecule has 3 amide bonds. The number of hydrogen-bond donors (Lipinski definition) is 2. The maximum absolute atomic E-state index is 13.3. The summed E-state index contributed by atoms with van der Waals surface area (Å²) in [5.41, 5.74) is 7.46. The molecule has 0 unspecified atom stereocenters. The number of rotatable bonds is 7. The lowest BCUT2D eigenvalue weighted by atomic mass is 9.89. The van der Waals surface area contributed by atoms with Crippen LogP contribution in [0.3, 0.4) is 0 Å². The topological polar surface area (TPSA) is 131 Å². The molecular weight excluding hydrogens is 492 g/mol.